The van der Waals surface area contributed by atoms with Crippen LogP contribution in [-0.2, 0) is 6.54 Å². The van der Waals surface area contributed by atoms with Gasteiger partial charge < -0.3 is 5.32 Å². The zero-order valence-electron chi connectivity index (χ0n) is 7.64. The lowest BCUT2D eigenvalue weighted by Gasteiger charge is -2.07. The molecule has 0 aliphatic heterocycles. The van der Waals surface area contributed by atoms with Crippen LogP contribution in [0.25, 0.3) is 0 Å². The van der Waals surface area contributed by atoms with Crippen LogP contribution in [0.15, 0.2) is 6.20 Å². The number of alkyl halides is 2. The molecule has 0 atom stereocenters. The standard InChI is InChI=1S/C8H13F2N3/c1-5(2)11-3-6-4-12-13-7(6)8(9)10/h4-5,8,11H,3H2,1-2H3,(H,12,13). The first kappa shape index (κ1) is 10.1. The molecule has 13 heavy (non-hydrogen) atoms. The van der Waals surface area contributed by atoms with E-state index in [0.29, 0.717) is 12.1 Å². The van der Waals surface area contributed by atoms with Crippen LogP contribution in [0, 0.1) is 0 Å². The highest BCUT2D eigenvalue weighted by atomic mass is 19.3. The van der Waals surface area contributed by atoms with Gasteiger partial charge in [0.15, 0.2) is 0 Å². The Morgan fingerprint density at radius 2 is 2.23 bits per heavy atom. The van der Waals surface area contributed by atoms with Gasteiger partial charge >= 0.3 is 0 Å². The van der Waals surface area contributed by atoms with E-state index < -0.39 is 6.43 Å². The van der Waals surface area contributed by atoms with Crippen LogP contribution in [-0.4, -0.2) is 16.2 Å². The predicted octanol–water partition coefficient (Wildman–Crippen LogP) is 1.85. The maximum absolute atomic E-state index is 12.3. The lowest BCUT2D eigenvalue weighted by molar-refractivity contribution is 0.144. The molecular weight excluding hydrogens is 176 g/mol. The molecule has 0 aliphatic rings. The molecule has 74 valence electrons. The van der Waals surface area contributed by atoms with Gasteiger partial charge in [0.1, 0.15) is 5.69 Å². The summed E-state index contributed by atoms with van der Waals surface area (Å²) < 4.78 is 24.6. The zero-order valence-corrected chi connectivity index (χ0v) is 7.64. The molecule has 0 aliphatic carbocycles. The van der Waals surface area contributed by atoms with Crippen molar-refractivity contribution in [2.24, 2.45) is 0 Å². The number of aromatic nitrogens is 2. The lowest BCUT2D eigenvalue weighted by Crippen LogP contribution is -2.22. The van der Waals surface area contributed by atoms with Crippen molar-refractivity contribution in [2.75, 3.05) is 0 Å². The van der Waals surface area contributed by atoms with Gasteiger partial charge in [-0.2, -0.15) is 5.10 Å². The van der Waals surface area contributed by atoms with E-state index >= 15 is 0 Å². The van der Waals surface area contributed by atoms with E-state index in [2.05, 4.69) is 15.5 Å². The highest BCUT2D eigenvalue weighted by Gasteiger charge is 2.14. The molecule has 0 spiro atoms. The van der Waals surface area contributed by atoms with Crippen LogP contribution >= 0.6 is 0 Å². The van der Waals surface area contributed by atoms with E-state index in [9.17, 15) is 8.78 Å². The van der Waals surface area contributed by atoms with Crippen molar-refractivity contribution in [2.45, 2.75) is 32.9 Å². The molecule has 1 heterocycles. The van der Waals surface area contributed by atoms with E-state index in [1.807, 2.05) is 13.8 Å². The van der Waals surface area contributed by atoms with E-state index in [1.54, 1.807) is 0 Å². The second kappa shape index (κ2) is 4.32. The number of hydrogen-bond acceptors (Lipinski definition) is 2. The van der Waals surface area contributed by atoms with E-state index in [4.69, 9.17) is 0 Å². The quantitative estimate of drug-likeness (QED) is 0.758. The van der Waals surface area contributed by atoms with Crippen molar-refractivity contribution >= 4 is 0 Å². The summed E-state index contributed by atoms with van der Waals surface area (Å²) >= 11 is 0. The van der Waals surface area contributed by atoms with Crippen LogP contribution < -0.4 is 5.32 Å². The highest BCUT2D eigenvalue weighted by Crippen LogP contribution is 2.19. The van der Waals surface area contributed by atoms with Crippen LogP contribution in [0.2, 0.25) is 0 Å². The Morgan fingerprint density at radius 1 is 1.54 bits per heavy atom. The van der Waals surface area contributed by atoms with Crippen molar-refractivity contribution in [1.29, 1.82) is 0 Å². The first-order valence-electron chi connectivity index (χ1n) is 4.15. The number of nitrogens with zero attached hydrogens (tertiary/aromatic N) is 1. The van der Waals surface area contributed by atoms with Gasteiger partial charge in [0.2, 0.25) is 0 Å². The molecule has 0 fully saturated rings. The van der Waals surface area contributed by atoms with Crippen molar-refractivity contribution in [3.8, 4) is 0 Å². The summed E-state index contributed by atoms with van der Waals surface area (Å²) in [6, 6.07) is 0.278. The minimum atomic E-state index is -2.48. The van der Waals surface area contributed by atoms with Crippen molar-refractivity contribution < 1.29 is 8.78 Å². The summed E-state index contributed by atoms with van der Waals surface area (Å²) in [5, 5.41) is 8.92. The van der Waals surface area contributed by atoms with Gasteiger partial charge in [0, 0.05) is 18.2 Å². The first-order chi connectivity index (χ1) is 6.11. The highest BCUT2D eigenvalue weighted by molar-refractivity contribution is 5.17. The largest absolute Gasteiger partial charge is 0.310 e. The Bertz CT molecular complexity index is 258. The van der Waals surface area contributed by atoms with E-state index in [-0.39, 0.29) is 11.7 Å². The maximum Gasteiger partial charge on any atom is 0.280 e. The predicted molar refractivity (Wildman–Crippen MR) is 45.5 cm³/mol. The van der Waals surface area contributed by atoms with Crippen molar-refractivity contribution in [1.82, 2.24) is 15.5 Å². The molecule has 0 saturated heterocycles. The molecule has 3 nitrogen and oxygen atoms in total. The minimum Gasteiger partial charge on any atom is -0.310 e. The fourth-order valence-corrected chi connectivity index (χ4v) is 0.965. The Labute approximate surface area is 75.5 Å². The van der Waals surface area contributed by atoms with E-state index in [1.165, 1.54) is 6.20 Å². The summed E-state index contributed by atoms with van der Waals surface area (Å²) in [5.74, 6) is 0. The Balaban J connectivity index is 2.60. The third-order valence-corrected chi connectivity index (χ3v) is 1.67. The van der Waals surface area contributed by atoms with Gasteiger partial charge in [-0.05, 0) is 0 Å². The molecule has 5 heteroatoms. The van der Waals surface area contributed by atoms with Crippen LogP contribution in [0.3, 0.4) is 0 Å². The molecule has 2 N–H and O–H groups in total. The smallest absolute Gasteiger partial charge is 0.280 e. The zero-order chi connectivity index (χ0) is 9.84. The fourth-order valence-electron chi connectivity index (χ4n) is 0.965. The molecule has 0 unspecified atom stereocenters. The third-order valence-electron chi connectivity index (χ3n) is 1.67. The Kier molecular flexibility index (Phi) is 3.36. The topological polar surface area (TPSA) is 40.7 Å². The maximum atomic E-state index is 12.3. The van der Waals surface area contributed by atoms with Gasteiger partial charge in [-0.3, -0.25) is 5.10 Å². The summed E-state index contributed by atoms with van der Waals surface area (Å²) in [4.78, 5) is 0. The summed E-state index contributed by atoms with van der Waals surface area (Å²) in [6.45, 7) is 4.35. The Morgan fingerprint density at radius 3 is 2.77 bits per heavy atom. The molecule has 1 rings (SSSR count). The van der Waals surface area contributed by atoms with Crippen molar-refractivity contribution in [3.05, 3.63) is 17.5 Å². The molecule has 0 aromatic carbocycles. The van der Waals surface area contributed by atoms with Gasteiger partial charge in [0.25, 0.3) is 6.43 Å². The number of hydrogen-bond donors (Lipinski definition) is 2. The summed E-state index contributed by atoms with van der Waals surface area (Å²) in [5.41, 5.74) is 0.442. The Hall–Kier alpha value is -0.970. The molecule has 0 saturated carbocycles. The van der Waals surface area contributed by atoms with Gasteiger partial charge in [-0.25, -0.2) is 8.78 Å². The fraction of sp³-hybridized carbons (Fsp3) is 0.625. The molecule has 1 aromatic rings. The van der Waals surface area contributed by atoms with Crippen LogP contribution in [0.5, 0.6) is 0 Å². The third kappa shape index (κ3) is 2.77. The van der Waals surface area contributed by atoms with Gasteiger partial charge in [0.05, 0.1) is 6.20 Å². The second-order valence-electron chi connectivity index (χ2n) is 3.15. The normalized spacial score (nSPS) is 11.5. The number of halogens is 2. The van der Waals surface area contributed by atoms with Gasteiger partial charge in [-0.15, -0.1) is 0 Å². The average molecular weight is 189 g/mol. The van der Waals surface area contributed by atoms with E-state index in [0.717, 1.165) is 0 Å². The monoisotopic (exact) mass is 189 g/mol. The van der Waals surface area contributed by atoms with Crippen LogP contribution in [0.1, 0.15) is 31.5 Å². The second-order valence-corrected chi connectivity index (χ2v) is 3.15. The van der Waals surface area contributed by atoms with Crippen molar-refractivity contribution in [3.63, 3.8) is 0 Å². The average Bonchev–Trinajstić information content (AvgIpc) is 2.47. The van der Waals surface area contributed by atoms with Gasteiger partial charge in [-0.1, -0.05) is 13.8 Å². The molecule has 0 radical (unpaired) electrons. The molecule has 0 amide bonds. The summed E-state index contributed by atoms with van der Waals surface area (Å²) in [6.07, 6.45) is -1.05. The molecular formula is C8H13F2N3. The number of rotatable bonds is 4. The molecule has 0 bridgehead atoms. The minimum absolute atomic E-state index is 0.0897. The summed E-state index contributed by atoms with van der Waals surface area (Å²) in [7, 11) is 0. The SMILES string of the molecule is CC(C)NCc1cn[nH]c1C(F)F. The first-order valence-corrected chi connectivity index (χ1v) is 4.15. The van der Waals surface area contributed by atoms with Crippen LogP contribution in [0.4, 0.5) is 8.78 Å². The number of aromatic amines is 1. The molecule has 1 aromatic heterocycles. The number of H-pyrrole nitrogens is 1. The number of nitrogens with one attached hydrogen (secondary N) is 2. The lowest BCUT2D eigenvalue weighted by atomic mass is 10.2.